The predicted octanol–water partition coefficient (Wildman–Crippen LogP) is 3.07. The molecule has 3 rings (SSSR count). The molecule has 2 heterocycles. The van der Waals surface area contributed by atoms with E-state index in [2.05, 4.69) is 31.2 Å². The lowest BCUT2D eigenvalue weighted by Gasteiger charge is -2.02. The van der Waals surface area contributed by atoms with Crippen LogP contribution in [-0.2, 0) is 0 Å². The minimum absolute atomic E-state index is 0.554. The second kappa shape index (κ2) is 3.90. The van der Waals surface area contributed by atoms with Gasteiger partial charge in [0.2, 0.25) is 5.95 Å². The maximum atomic E-state index is 5.44. The molecule has 0 bridgehead atoms. The standard InChI is InChI=1S/C11H10BrN3O/c12-10-4-3-9(16-10)8-5-6-13-11(15-8)14-7-1-2-7/h3-7H,1-2H2,(H,13,14,15). The van der Waals surface area contributed by atoms with Gasteiger partial charge >= 0.3 is 0 Å². The molecule has 1 aliphatic carbocycles. The topological polar surface area (TPSA) is 51.0 Å². The molecular weight excluding hydrogens is 270 g/mol. The number of nitrogens with zero attached hydrogens (tertiary/aromatic N) is 2. The van der Waals surface area contributed by atoms with Crippen molar-refractivity contribution in [2.24, 2.45) is 0 Å². The molecule has 1 saturated carbocycles. The minimum Gasteiger partial charge on any atom is -0.448 e. The zero-order valence-electron chi connectivity index (χ0n) is 8.48. The number of furan rings is 1. The molecule has 82 valence electrons. The van der Waals surface area contributed by atoms with E-state index >= 15 is 0 Å². The van der Waals surface area contributed by atoms with Crippen molar-refractivity contribution in [1.82, 2.24) is 9.97 Å². The third-order valence-electron chi connectivity index (χ3n) is 2.39. The number of hydrogen-bond acceptors (Lipinski definition) is 4. The molecule has 2 aromatic rings. The first-order valence-electron chi connectivity index (χ1n) is 5.16. The molecular formula is C11H10BrN3O. The number of halogens is 1. The molecule has 5 heteroatoms. The lowest BCUT2D eigenvalue weighted by molar-refractivity contribution is 0.553. The van der Waals surface area contributed by atoms with E-state index in [9.17, 15) is 0 Å². The summed E-state index contributed by atoms with van der Waals surface area (Å²) in [6.07, 6.45) is 4.16. The van der Waals surface area contributed by atoms with Gasteiger partial charge in [0, 0.05) is 12.2 Å². The first kappa shape index (κ1) is 9.84. The molecule has 1 fully saturated rings. The van der Waals surface area contributed by atoms with Gasteiger partial charge < -0.3 is 9.73 Å². The van der Waals surface area contributed by atoms with Crippen LogP contribution in [0.4, 0.5) is 5.95 Å². The maximum absolute atomic E-state index is 5.44. The van der Waals surface area contributed by atoms with Crippen molar-refractivity contribution >= 4 is 21.9 Å². The SMILES string of the molecule is Brc1ccc(-c2ccnc(NC3CC3)n2)o1. The van der Waals surface area contributed by atoms with Crippen molar-refractivity contribution in [3.63, 3.8) is 0 Å². The van der Waals surface area contributed by atoms with Crippen LogP contribution in [0.5, 0.6) is 0 Å². The summed E-state index contributed by atoms with van der Waals surface area (Å²) in [6.45, 7) is 0. The van der Waals surface area contributed by atoms with Gasteiger partial charge in [0.15, 0.2) is 10.4 Å². The van der Waals surface area contributed by atoms with E-state index < -0.39 is 0 Å². The summed E-state index contributed by atoms with van der Waals surface area (Å²) in [5.74, 6) is 1.42. The summed E-state index contributed by atoms with van der Waals surface area (Å²) >= 11 is 3.27. The van der Waals surface area contributed by atoms with E-state index in [-0.39, 0.29) is 0 Å². The summed E-state index contributed by atoms with van der Waals surface area (Å²) in [7, 11) is 0. The third kappa shape index (κ3) is 2.09. The summed E-state index contributed by atoms with van der Waals surface area (Å²) in [4.78, 5) is 8.58. The molecule has 0 spiro atoms. The first-order valence-corrected chi connectivity index (χ1v) is 5.96. The number of nitrogens with one attached hydrogen (secondary N) is 1. The van der Waals surface area contributed by atoms with E-state index in [1.54, 1.807) is 6.20 Å². The quantitative estimate of drug-likeness (QED) is 0.938. The Balaban J connectivity index is 1.88. The Bertz CT molecular complexity index is 507. The van der Waals surface area contributed by atoms with Gasteiger partial charge in [-0.05, 0) is 47.0 Å². The van der Waals surface area contributed by atoms with Gasteiger partial charge in [-0.2, -0.15) is 0 Å². The zero-order chi connectivity index (χ0) is 11.0. The summed E-state index contributed by atoms with van der Waals surface area (Å²) in [6, 6.07) is 6.13. The van der Waals surface area contributed by atoms with Crippen LogP contribution in [0.2, 0.25) is 0 Å². The predicted molar refractivity (Wildman–Crippen MR) is 64.1 cm³/mol. The van der Waals surface area contributed by atoms with Crippen LogP contribution in [0.15, 0.2) is 33.5 Å². The van der Waals surface area contributed by atoms with Gasteiger partial charge in [-0.25, -0.2) is 9.97 Å². The van der Waals surface area contributed by atoms with Gasteiger partial charge in [0.25, 0.3) is 0 Å². The van der Waals surface area contributed by atoms with E-state index in [0.717, 1.165) is 11.5 Å². The Morgan fingerprint density at radius 1 is 1.31 bits per heavy atom. The lowest BCUT2D eigenvalue weighted by atomic mass is 10.3. The molecule has 16 heavy (non-hydrogen) atoms. The van der Waals surface area contributed by atoms with Crippen LogP contribution in [0.1, 0.15) is 12.8 Å². The third-order valence-corrected chi connectivity index (χ3v) is 2.82. The average molecular weight is 280 g/mol. The summed E-state index contributed by atoms with van der Waals surface area (Å²) in [5.41, 5.74) is 0.795. The second-order valence-electron chi connectivity index (χ2n) is 3.79. The summed E-state index contributed by atoms with van der Waals surface area (Å²) in [5, 5.41) is 3.26. The van der Waals surface area contributed by atoms with Gasteiger partial charge in [-0.1, -0.05) is 0 Å². The molecule has 2 aromatic heterocycles. The number of aromatic nitrogens is 2. The van der Waals surface area contributed by atoms with Gasteiger partial charge in [0.1, 0.15) is 5.69 Å². The van der Waals surface area contributed by atoms with Crippen LogP contribution < -0.4 is 5.32 Å². The molecule has 0 saturated heterocycles. The second-order valence-corrected chi connectivity index (χ2v) is 4.57. The van der Waals surface area contributed by atoms with E-state index in [1.807, 2.05) is 18.2 Å². The van der Waals surface area contributed by atoms with Crippen LogP contribution in [-0.4, -0.2) is 16.0 Å². The van der Waals surface area contributed by atoms with E-state index in [4.69, 9.17) is 4.42 Å². The molecule has 0 aliphatic heterocycles. The Morgan fingerprint density at radius 3 is 2.88 bits per heavy atom. The monoisotopic (exact) mass is 279 g/mol. The van der Waals surface area contributed by atoms with Crippen molar-refractivity contribution < 1.29 is 4.42 Å². The number of hydrogen-bond donors (Lipinski definition) is 1. The highest BCUT2D eigenvalue weighted by molar-refractivity contribution is 9.10. The van der Waals surface area contributed by atoms with Gasteiger partial charge in [-0.3, -0.25) is 0 Å². The Labute approximate surface area is 101 Å². The Hall–Kier alpha value is -1.36. The largest absolute Gasteiger partial charge is 0.448 e. The molecule has 0 unspecified atom stereocenters. The molecule has 1 aliphatic rings. The van der Waals surface area contributed by atoms with Crippen LogP contribution in [0.25, 0.3) is 11.5 Å². The fourth-order valence-electron chi connectivity index (χ4n) is 1.43. The summed E-state index contributed by atoms with van der Waals surface area (Å²) < 4.78 is 6.15. The maximum Gasteiger partial charge on any atom is 0.223 e. The highest BCUT2D eigenvalue weighted by atomic mass is 79.9. The van der Waals surface area contributed by atoms with Crippen LogP contribution in [0, 0.1) is 0 Å². The number of rotatable bonds is 3. The molecule has 0 atom stereocenters. The molecule has 0 radical (unpaired) electrons. The fraction of sp³-hybridized carbons (Fsp3) is 0.273. The van der Waals surface area contributed by atoms with Crippen molar-refractivity contribution in [1.29, 1.82) is 0 Å². The van der Waals surface area contributed by atoms with Crippen molar-refractivity contribution in [3.8, 4) is 11.5 Å². The molecule has 1 N–H and O–H groups in total. The molecule has 4 nitrogen and oxygen atoms in total. The average Bonchev–Trinajstić information content (AvgIpc) is 2.98. The van der Waals surface area contributed by atoms with E-state index in [1.165, 1.54) is 12.8 Å². The molecule has 0 aromatic carbocycles. The fourth-order valence-corrected chi connectivity index (χ4v) is 1.73. The lowest BCUT2D eigenvalue weighted by Crippen LogP contribution is -2.05. The van der Waals surface area contributed by atoms with Crippen molar-refractivity contribution in [3.05, 3.63) is 29.1 Å². The van der Waals surface area contributed by atoms with Crippen LogP contribution >= 0.6 is 15.9 Å². The minimum atomic E-state index is 0.554. The van der Waals surface area contributed by atoms with Gasteiger partial charge in [-0.15, -0.1) is 0 Å². The highest BCUT2D eigenvalue weighted by Crippen LogP contribution is 2.26. The van der Waals surface area contributed by atoms with E-state index in [0.29, 0.717) is 16.7 Å². The highest BCUT2D eigenvalue weighted by Gasteiger charge is 2.22. The van der Waals surface area contributed by atoms with Gasteiger partial charge in [0.05, 0.1) is 0 Å². The Morgan fingerprint density at radius 2 is 2.19 bits per heavy atom. The molecule has 0 amide bonds. The van der Waals surface area contributed by atoms with Crippen LogP contribution in [0.3, 0.4) is 0 Å². The van der Waals surface area contributed by atoms with Crippen molar-refractivity contribution in [2.75, 3.05) is 5.32 Å². The number of anilines is 1. The first-order chi connectivity index (χ1) is 7.81. The smallest absolute Gasteiger partial charge is 0.223 e. The normalized spacial score (nSPS) is 15.1. The zero-order valence-corrected chi connectivity index (χ0v) is 10.1. The van der Waals surface area contributed by atoms with Crippen molar-refractivity contribution in [2.45, 2.75) is 18.9 Å². The Kier molecular flexibility index (Phi) is 2.40.